The van der Waals surface area contributed by atoms with Gasteiger partial charge in [-0.3, -0.25) is 4.79 Å². The number of amides is 1. The Hall–Kier alpha value is -1.40. The van der Waals surface area contributed by atoms with E-state index in [2.05, 4.69) is 5.32 Å². The van der Waals surface area contributed by atoms with Crippen molar-refractivity contribution in [1.29, 1.82) is 0 Å². The van der Waals surface area contributed by atoms with Crippen LogP contribution in [0.15, 0.2) is 29.2 Å². The van der Waals surface area contributed by atoms with Crippen molar-refractivity contribution >= 4 is 15.9 Å². The van der Waals surface area contributed by atoms with Gasteiger partial charge in [0.15, 0.2) is 0 Å². The summed E-state index contributed by atoms with van der Waals surface area (Å²) in [5.74, 6) is -0.283. The third-order valence-electron chi connectivity index (χ3n) is 3.22. The molecule has 0 aliphatic rings. The first kappa shape index (κ1) is 17.7. The molecule has 1 atom stereocenters. The summed E-state index contributed by atoms with van der Waals surface area (Å²) in [6.07, 6.45) is 1.85. The Labute approximate surface area is 127 Å². The molecule has 0 aliphatic carbocycles. The molecule has 0 fully saturated rings. The number of aryl methyl sites for hydroxylation is 1. The van der Waals surface area contributed by atoms with Crippen molar-refractivity contribution in [3.05, 3.63) is 29.8 Å². The van der Waals surface area contributed by atoms with Crippen molar-refractivity contribution in [1.82, 2.24) is 9.62 Å². The molecule has 1 N–H and O–H groups in total. The molecule has 5 nitrogen and oxygen atoms in total. The van der Waals surface area contributed by atoms with Gasteiger partial charge in [-0.1, -0.05) is 31.0 Å². The maximum absolute atomic E-state index is 12.3. The van der Waals surface area contributed by atoms with E-state index in [-0.39, 0.29) is 23.4 Å². The lowest BCUT2D eigenvalue weighted by molar-refractivity contribution is -0.121. The molecule has 6 heteroatoms. The zero-order valence-electron chi connectivity index (χ0n) is 13.1. The van der Waals surface area contributed by atoms with Crippen molar-refractivity contribution in [3.8, 4) is 0 Å². The molecule has 0 radical (unpaired) electrons. The summed E-state index contributed by atoms with van der Waals surface area (Å²) >= 11 is 0. The Balaban J connectivity index is 2.71. The fourth-order valence-corrected chi connectivity index (χ4v) is 3.13. The van der Waals surface area contributed by atoms with E-state index in [1.807, 2.05) is 20.8 Å². The number of nitrogens with zero attached hydrogens (tertiary/aromatic N) is 1. The molecule has 21 heavy (non-hydrogen) atoms. The highest BCUT2D eigenvalue weighted by Crippen LogP contribution is 2.14. The van der Waals surface area contributed by atoms with Crippen LogP contribution in [0.3, 0.4) is 0 Å². The van der Waals surface area contributed by atoms with Gasteiger partial charge in [0.1, 0.15) is 0 Å². The highest BCUT2D eigenvalue weighted by molar-refractivity contribution is 7.89. The van der Waals surface area contributed by atoms with Crippen LogP contribution in [0.25, 0.3) is 0 Å². The van der Waals surface area contributed by atoms with Crippen LogP contribution in [0, 0.1) is 6.92 Å². The van der Waals surface area contributed by atoms with Gasteiger partial charge in [-0.25, -0.2) is 8.42 Å². The topological polar surface area (TPSA) is 66.5 Å². The first-order chi connectivity index (χ1) is 9.77. The lowest BCUT2D eigenvalue weighted by Gasteiger charge is -2.19. The predicted molar refractivity (Wildman–Crippen MR) is 83.5 cm³/mol. The van der Waals surface area contributed by atoms with Gasteiger partial charge in [0.2, 0.25) is 15.9 Å². The van der Waals surface area contributed by atoms with Crippen molar-refractivity contribution in [3.63, 3.8) is 0 Å². The monoisotopic (exact) mass is 312 g/mol. The molecule has 0 heterocycles. The third kappa shape index (κ3) is 5.13. The number of rotatable bonds is 7. The number of carbonyl (C=O) groups excluding carboxylic acids is 1. The second kappa shape index (κ2) is 7.56. The van der Waals surface area contributed by atoms with Crippen LogP contribution < -0.4 is 5.32 Å². The average molecular weight is 312 g/mol. The van der Waals surface area contributed by atoms with Crippen LogP contribution in [-0.2, 0) is 14.8 Å². The van der Waals surface area contributed by atoms with Gasteiger partial charge in [-0.2, -0.15) is 4.31 Å². The fraction of sp³-hybridized carbons (Fsp3) is 0.533. The average Bonchev–Trinajstić information content (AvgIpc) is 2.39. The Morgan fingerprint density at radius 3 is 2.38 bits per heavy atom. The van der Waals surface area contributed by atoms with E-state index in [0.717, 1.165) is 22.7 Å². The maximum atomic E-state index is 12.3. The minimum Gasteiger partial charge on any atom is -0.353 e. The van der Waals surface area contributed by atoms with Crippen molar-refractivity contribution in [2.45, 2.75) is 44.6 Å². The number of sulfonamides is 1. The molecular weight excluding hydrogens is 288 g/mol. The maximum Gasteiger partial charge on any atom is 0.243 e. The van der Waals surface area contributed by atoms with Crippen LogP contribution in [0.4, 0.5) is 0 Å². The van der Waals surface area contributed by atoms with Gasteiger partial charge in [0.05, 0.1) is 11.4 Å². The second-order valence-corrected chi connectivity index (χ2v) is 7.38. The van der Waals surface area contributed by atoms with Gasteiger partial charge >= 0.3 is 0 Å². The Bertz CT molecular complexity index is 567. The van der Waals surface area contributed by atoms with Crippen LogP contribution in [0.1, 0.15) is 32.3 Å². The minimum atomic E-state index is -3.63. The molecule has 1 amide bonds. The quantitative estimate of drug-likeness (QED) is 0.836. The zero-order chi connectivity index (χ0) is 16.0. The van der Waals surface area contributed by atoms with Crippen LogP contribution >= 0.6 is 0 Å². The number of likely N-dealkylation sites (N-methyl/N-ethyl adjacent to an activating group) is 1. The van der Waals surface area contributed by atoms with E-state index in [0.29, 0.717) is 0 Å². The van der Waals surface area contributed by atoms with Crippen LogP contribution in [-0.4, -0.2) is 38.3 Å². The zero-order valence-corrected chi connectivity index (χ0v) is 13.9. The van der Waals surface area contributed by atoms with Gasteiger partial charge in [-0.05, 0) is 32.4 Å². The van der Waals surface area contributed by atoms with E-state index in [4.69, 9.17) is 0 Å². The standard InChI is InChI=1S/C15H24N2O3S/c1-5-6-13(3)16-15(18)11-17(4)21(19,20)14-9-7-12(2)8-10-14/h7-10,13H,5-6,11H2,1-4H3,(H,16,18)/t13-/m0/s1. The molecule has 0 bridgehead atoms. The highest BCUT2D eigenvalue weighted by Gasteiger charge is 2.23. The Morgan fingerprint density at radius 2 is 1.86 bits per heavy atom. The van der Waals surface area contributed by atoms with Gasteiger partial charge in [-0.15, -0.1) is 0 Å². The SMILES string of the molecule is CCC[C@H](C)NC(=O)CN(C)S(=O)(=O)c1ccc(C)cc1. The summed E-state index contributed by atoms with van der Waals surface area (Å²) in [6, 6.07) is 6.64. The number of benzene rings is 1. The normalized spacial score (nSPS) is 13.2. The van der Waals surface area contributed by atoms with Crippen molar-refractivity contribution in [2.24, 2.45) is 0 Å². The molecule has 1 aromatic carbocycles. The van der Waals surface area contributed by atoms with E-state index >= 15 is 0 Å². The molecule has 1 rings (SSSR count). The van der Waals surface area contributed by atoms with E-state index in [9.17, 15) is 13.2 Å². The molecule has 1 aromatic rings. The molecule has 0 saturated carbocycles. The number of nitrogens with one attached hydrogen (secondary N) is 1. The number of hydrogen-bond acceptors (Lipinski definition) is 3. The van der Waals surface area contributed by atoms with E-state index in [1.54, 1.807) is 24.3 Å². The Kier molecular flexibility index (Phi) is 6.36. The summed E-state index contributed by atoms with van der Waals surface area (Å²) in [7, 11) is -2.21. The molecular formula is C15H24N2O3S. The summed E-state index contributed by atoms with van der Waals surface area (Å²) in [5.41, 5.74) is 0.989. The molecule has 0 aromatic heterocycles. The summed E-state index contributed by atoms with van der Waals surface area (Å²) in [4.78, 5) is 12.1. The van der Waals surface area contributed by atoms with E-state index < -0.39 is 10.0 Å². The second-order valence-electron chi connectivity index (χ2n) is 5.33. The van der Waals surface area contributed by atoms with Gasteiger partial charge < -0.3 is 5.32 Å². The van der Waals surface area contributed by atoms with Crippen LogP contribution in [0.5, 0.6) is 0 Å². The van der Waals surface area contributed by atoms with Crippen molar-refractivity contribution in [2.75, 3.05) is 13.6 Å². The fourth-order valence-electron chi connectivity index (χ4n) is 2.00. The van der Waals surface area contributed by atoms with Crippen LogP contribution in [0.2, 0.25) is 0 Å². The largest absolute Gasteiger partial charge is 0.353 e. The molecule has 0 aliphatic heterocycles. The summed E-state index contributed by atoms with van der Waals surface area (Å²) in [5, 5.41) is 2.80. The molecule has 0 unspecified atom stereocenters. The minimum absolute atomic E-state index is 0.0537. The predicted octanol–water partition coefficient (Wildman–Crippen LogP) is 1.92. The molecule has 0 spiro atoms. The molecule has 0 saturated heterocycles. The van der Waals surface area contributed by atoms with Gasteiger partial charge in [0, 0.05) is 13.1 Å². The number of hydrogen-bond donors (Lipinski definition) is 1. The molecule has 118 valence electrons. The smallest absolute Gasteiger partial charge is 0.243 e. The Morgan fingerprint density at radius 1 is 1.29 bits per heavy atom. The highest BCUT2D eigenvalue weighted by atomic mass is 32.2. The lowest BCUT2D eigenvalue weighted by atomic mass is 10.2. The van der Waals surface area contributed by atoms with Crippen molar-refractivity contribution < 1.29 is 13.2 Å². The summed E-state index contributed by atoms with van der Waals surface area (Å²) < 4.78 is 25.7. The third-order valence-corrected chi connectivity index (χ3v) is 5.04. The first-order valence-electron chi connectivity index (χ1n) is 7.09. The van der Waals surface area contributed by atoms with E-state index in [1.165, 1.54) is 7.05 Å². The summed E-state index contributed by atoms with van der Waals surface area (Å²) in [6.45, 7) is 5.67. The lowest BCUT2D eigenvalue weighted by Crippen LogP contribution is -2.41. The van der Waals surface area contributed by atoms with Gasteiger partial charge in [0.25, 0.3) is 0 Å². The first-order valence-corrected chi connectivity index (χ1v) is 8.53. The number of carbonyl (C=O) groups is 1.